The molecule has 16 heteroatoms. The largest absolute Gasteiger partial charge is 0.479 e. The number of aliphatic hydroxyl groups excluding tert-OH is 6. The van der Waals surface area contributed by atoms with Crippen molar-refractivity contribution < 1.29 is 73.8 Å². The van der Waals surface area contributed by atoms with Gasteiger partial charge in [0.25, 0.3) is 0 Å². The molecule has 0 aromatic carbocycles. The third-order valence-corrected chi connectivity index (χ3v) is 11.0. The van der Waals surface area contributed by atoms with Gasteiger partial charge < -0.3 is 69.5 Å². The van der Waals surface area contributed by atoms with E-state index in [1.807, 2.05) is 0 Å². The topological polar surface area (TPSA) is 243 Å². The normalized spacial score (nSPS) is 41.4. The lowest BCUT2D eigenvalue weighted by atomic mass is 9.85. The zero-order valence-electron chi connectivity index (χ0n) is 28.7. The SMILES string of the molecule is C[C@@H]1OC(OC2[C@@H](CNC(=O)C3CCCCC3)OCC[C@H]2O[C@@H]2O[C@H](CO)[C@H](O)[C@H](OC(CC3CCCCC3)C(=O)O)[C@H]2O)[C@@H](O)[C@H](O)[C@@H]1O. The Morgan fingerprint density at radius 2 is 1.42 bits per heavy atom. The highest BCUT2D eigenvalue weighted by Crippen LogP contribution is 2.34. The highest BCUT2D eigenvalue weighted by Gasteiger charge is 2.51. The molecule has 3 saturated heterocycles. The molecule has 3 unspecified atom stereocenters. The van der Waals surface area contributed by atoms with Gasteiger partial charge in [-0.2, -0.15) is 0 Å². The Morgan fingerprint density at radius 1 is 0.760 bits per heavy atom. The summed E-state index contributed by atoms with van der Waals surface area (Å²) >= 11 is 0. The summed E-state index contributed by atoms with van der Waals surface area (Å²) in [5, 5.41) is 76.9. The molecule has 5 aliphatic rings. The van der Waals surface area contributed by atoms with Crippen molar-refractivity contribution in [1.29, 1.82) is 0 Å². The fourth-order valence-electron chi connectivity index (χ4n) is 7.95. The highest BCUT2D eigenvalue weighted by molar-refractivity contribution is 5.78. The Bertz CT molecular complexity index is 1070. The van der Waals surface area contributed by atoms with E-state index >= 15 is 0 Å². The average Bonchev–Trinajstić information content (AvgIpc) is 3.12. The molecule has 288 valence electrons. The first-order chi connectivity index (χ1) is 24.0. The van der Waals surface area contributed by atoms with Crippen LogP contribution in [0, 0.1) is 11.8 Å². The predicted octanol–water partition coefficient (Wildman–Crippen LogP) is -0.682. The van der Waals surface area contributed by atoms with Gasteiger partial charge in [0.15, 0.2) is 18.7 Å². The number of amides is 1. The number of hydrogen-bond acceptors (Lipinski definition) is 14. The lowest BCUT2D eigenvalue weighted by Gasteiger charge is -2.47. The van der Waals surface area contributed by atoms with E-state index in [0.717, 1.165) is 64.2 Å². The number of carboxylic acid groups (broad SMARTS) is 1. The zero-order chi connectivity index (χ0) is 35.9. The Labute approximate surface area is 292 Å². The molecule has 3 aliphatic heterocycles. The van der Waals surface area contributed by atoms with E-state index in [-0.39, 0.29) is 43.7 Å². The van der Waals surface area contributed by atoms with Crippen LogP contribution in [-0.2, 0) is 38.0 Å². The second kappa shape index (κ2) is 18.5. The van der Waals surface area contributed by atoms with Crippen LogP contribution >= 0.6 is 0 Å². The Morgan fingerprint density at radius 3 is 2.08 bits per heavy atom. The van der Waals surface area contributed by atoms with Crippen LogP contribution in [0.25, 0.3) is 0 Å². The predicted molar refractivity (Wildman–Crippen MR) is 171 cm³/mol. The Kier molecular flexibility index (Phi) is 14.7. The van der Waals surface area contributed by atoms with Crippen LogP contribution < -0.4 is 5.32 Å². The Hall–Kier alpha value is -1.54. The summed E-state index contributed by atoms with van der Waals surface area (Å²) < 4.78 is 35.9. The van der Waals surface area contributed by atoms with Gasteiger partial charge in [-0.15, -0.1) is 0 Å². The van der Waals surface area contributed by atoms with E-state index in [1.165, 1.54) is 6.92 Å². The van der Waals surface area contributed by atoms with Gasteiger partial charge in [0.05, 0.1) is 18.8 Å². The quantitative estimate of drug-likeness (QED) is 0.118. The molecular formula is C34H57NO15. The molecule has 2 saturated carbocycles. The smallest absolute Gasteiger partial charge is 0.332 e. The lowest BCUT2D eigenvalue weighted by molar-refractivity contribution is -0.355. The number of carbonyl (C=O) groups excluding carboxylic acids is 1. The van der Waals surface area contributed by atoms with Crippen molar-refractivity contribution in [2.75, 3.05) is 19.8 Å². The average molecular weight is 720 g/mol. The van der Waals surface area contributed by atoms with E-state index in [9.17, 15) is 45.3 Å². The van der Waals surface area contributed by atoms with Crippen molar-refractivity contribution in [3.63, 3.8) is 0 Å². The van der Waals surface area contributed by atoms with Gasteiger partial charge in [-0.1, -0.05) is 51.4 Å². The van der Waals surface area contributed by atoms with Crippen LogP contribution in [0.4, 0.5) is 0 Å². The van der Waals surface area contributed by atoms with Gasteiger partial charge in [0.1, 0.15) is 54.9 Å². The molecule has 1 amide bonds. The maximum Gasteiger partial charge on any atom is 0.332 e. The fourth-order valence-corrected chi connectivity index (χ4v) is 7.95. The van der Waals surface area contributed by atoms with Crippen molar-refractivity contribution >= 4 is 11.9 Å². The van der Waals surface area contributed by atoms with Crippen LogP contribution in [-0.4, -0.2) is 153 Å². The first-order valence-electron chi connectivity index (χ1n) is 18.4. The van der Waals surface area contributed by atoms with E-state index < -0.39 is 98.4 Å². The third kappa shape index (κ3) is 9.71. The van der Waals surface area contributed by atoms with E-state index in [2.05, 4.69) is 5.32 Å². The number of rotatable bonds is 13. The molecular weight excluding hydrogens is 662 g/mol. The monoisotopic (exact) mass is 719 g/mol. The molecule has 0 aromatic heterocycles. The van der Waals surface area contributed by atoms with Crippen molar-refractivity contribution in [3.05, 3.63) is 0 Å². The molecule has 0 aromatic rings. The highest BCUT2D eigenvalue weighted by atomic mass is 16.7. The minimum absolute atomic E-state index is 0.00264. The fraction of sp³-hybridized carbons (Fsp3) is 0.941. The molecule has 5 fully saturated rings. The summed E-state index contributed by atoms with van der Waals surface area (Å²) in [7, 11) is 0. The van der Waals surface area contributed by atoms with Crippen LogP contribution in [0.2, 0.25) is 0 Å². The van der Waals surface area contributed by atoms with Crippen molar-refractivity contribution in [2.45, 2.75) is 170 Å². The van der Waals surface area contributed by atoms with Gasteiger partial charge in [-0.25, -0.2) is 4.79 Å². The van der Waals surface area contributed by atoms with Crippen molar-refractivity contribution in [1.82, 2.24) is 5.32 Å². The number of hydrogen-bond donors (Lipinski definition) is 8. The molecule has 8 N–H and O–H groups in total. The van der Waals surface area contributed by atoms with E-state index in [0.29, 0.717) is 0 Å². The number of aliphatic hydroxyl groups is 6. The van der Waals surface area contributed by atoms with Gasteiger partial charge >= 0.3 is 5.97 Å². The first kappa shape index (κ1) is 39.7. The van der Waals surface area contributed by atoms with E-state index in [1.54, 1.807) is 0 Å². The van der Waals surface area contributed by atoms with Crippen molar-refractivity contribution in [2.24, 2.45) is 11.8 Å². The molecule has 2 aliphatic carbocycles. The molecule has 3 heterocycles. The number of ether oxygens (including phenoxy) is 6. The number of carbonyl (C=O) groups is 2. The maximum absolute atomic E-state index is 13.0. The summed E-state index contributed by atoms with van der Waals surface area (Å²) in [6.07, 6.45) is -9.00. The number of aliphatic carboxylic acids is 1. The minimum atomic E-state index is -1.69. The first-order valence-corrected chi connectivity index (χ1v) is 18.4. The van der Waals surface area contributed by atoms with Gasteiger partial charge in [0.2, 0.25) is 5.91 Å². The lowest BCUT2D eigenvalue weighted by Crippen LogP contribution is -2.64. The molecule has 0 radical (unpaired) electrons. The molecule has 16 nitrogen and oxygen atoms in total. The second-order valence-electron chi connectivity index (χ2n) is 14.6. The van der Waals surface area contributed by atoms with Gasteiger partial charge in [-0.3, -0.25) is 4.79 Å². The van der Waals surface area contributed by atoms with Crippen LogP contribution in [0.15, 0.2) is 0 Å². The summed E-state index contributed by atoms with van der Waals surface area (Å²) in [6, 6.07) is 0. The maximum atomic E-state index is 13.0. The molecule has 50 heavy (non-hydrogen) atoms. The van der Waals surface area contributed by atoms with E-state index in [4.69, 9.17) is 28.4 Å². The molecule has 5 rings (SSSR count). The number of nitrogens with one attached hydrogen (secondary N) is 1. The molecule has 0 bridgehead atoms. The van der Waals surface area contributed by atoms with Gasteiger partial charge in [0, 0.05) is 19.1 Å². The van der Waals surface area contributed by atoms with Crippen molar-refractivity contribution in [3.8, 4) is 0 Å². The van der Waals surface area contributed by atoms with Crippen LogP contribution in [0.1, 0.15) is 84.0 Å². The van der Waals surface area contributed by atoms with Crippen LogP contribution in [0.3, 0.4) is 0 Å². The molecule has 0 spiro atoms. The summed E-state index contributed by atoms with van der Waals surface area (Å²) in [6.45, 7) is 0.965. The summed E-state index contributed by atoms with van der Waals surface area (Å²) in [4.78, 5) is 25.3. The minimum Gasteiger partial charge on any atom is -0.479 e. The summed E-state index contributed by atoms with van der Waals surface area (Å²) in [5.74, 6) is -1.36. The van der Waals surface area contributed by atoms with Crippen LogP contribution in [0.5, 0.6) is 0 Å². The Balaban J connectivity index is 1.33. The molecule has 14 atom stereocenters. The second-order valence-corrected chi connectivity index (χ2v) is 14.6. The zero-order valence-corrected chi connectivity index (χ0v) is 28.7. The number of carboxylic acids is 1. The standard InChI is InChI=1S/C34H57NO15/c1-17-24(37)26(39)27(40)33(46-17)50-29-20(12-13-45-22(29)15-35-31(42)19-10-6-3-7-11-19)48-34-28(41)30(25(38)23(16-36)49-34)47-21(32(43)44)14-18-8-4-2-5-9-18/h17-30,33-34,36-41H,2-16H2,1H3,(H,35,42)(H,43,44)/t17-,20+,21?,22+,23+,24+,25-,26+,27-,28+,29?,30-,33?,34+/m0/s1. The summed E-state index contributed by atoms with van der Waals surface area (Å²) in [5.41, 5.74) is 0. The van der Waals surface area contributed by atoms with Gasteiger partial charge in [-0.05, 0) is 38.5 Å². The third-order valence-electron chi connectivity index (χ3n) is 11.0.